The molecule has 3 heterocycles. The molecule has 2 aliphatic heterocycles. The van der Waals surface area contributed by atoms with Crippen LogP contribution in [0.2, 0.25) is 0 Å². The highest BCUT2D eigenvalue weighted by molar-refractivity contribution is 8.06. The number of hydrogen-bond donors (Lipinski definition) is 1. The van der Waals surface area contributed by atoms with Crippen LogP contribution in [0.15, 0.2) is 88.6 Å². The highest BCUT2D eigenvalue weighted by Crippen LogP contribution is 2.45. The lowest BCUT2D eigenvalue weighted by Crippen LogP contribution is -2.71. The SMILES string of the molecule is O=C(Cc1ccccc1)N[C@@H]1C(=O)N2C(C(=O)[O-])=C(Sc3ccnn3-c3ccccc3)CS[C@H]12. The monoisotopic (exact) mass is 491 g/mol. The molecular formula is C24H19N4O4S2-. The Morgan fingerprint density at radius 2 is 1.79 bits per heavy atom. The summed E-state index contributed by atoms with van der Waals surface area (Å²) in [4.78, 5) is 39.1. The third-order valence-electron chi connectivity index (χ3n) is 5.49. The molecule has 2 aromatic carbocycles. The summed E-state index contributed by atoms with van der Waals surface area (Å²) in [5.41, 5.74) is 1.53. The van der Waals surface area contributed by atoms with Gasteiger partial charge in [0, 0.05) is 10.7 Å². The molecule has 1 N–H and O–H groups in total. The number of aliphatic carboxylic acids is 1. The maximum absolute atomic E-state index is 12.9. The molecule has 0 aliphatic carbocycles. The first-order valence-corrected chi connectivity index (χ1v) is 12.4. The van der Waals surface area contributed by atoms with Crippen molar-refractivity contribution < 1.29 is 19.5 Å². The fourth-order valence-electron chi connectivity index (χ4n) is 3.92. The van der Waals surface area contributed by atoms with Crippen LogP contribution in [-0.2, 0) is 20.8 Å². The van der Waals surface area contributed by atoms with Crippen molar-refractivity contribution in [2.45, 2.75) is 22.9 Å². The van der Waals surface area contributed by atoms with E-state index in [4.69, 9.17) is 0 Å². The van der Waals surface area contributed by atoms with Crippen molar-refractivity contribution in [3.05, 3.63) is 89.1 Å². The van der Waals surface area contributed by atoms with E-state index in [2.05, 4.69) is 10.4 Å². The molecular weight excluding hydrogens is 472 g/mol. The Balaban J connectivity index is 1.34. The van der Waals surface area contributed by atoms with Crippen molar-refractivity contribution in [1.82, 2.24) is 20.0 Å². The minimum atomic E-state index is -1.42. The van der Waals surface area contributed by atoms with Gasteiger partial charge in [0.25, 0.3) is 5.91 Å². The Labute approximate surface area is 204 Å². The van der Waals surface area contributed by atoms with Crippen molar-refractivity contribution in [3.63, 3.8) is 0 Å². The van der Waals surface area contributed by atoms with Crippen molar-refractivity contribution in [2.24, 2.45) is 0 Å². The van der Waals surface area contributed by atoms with Gasteiger partial charge in [-0.15, -0.1) is 11.8 Å². The van der Waals surface area contributed by atoms with Crippen LogP contribution in [0.25, 0.3) is 5.69 Å². The molecule has 1 aromatic heterocycles. The van der Waals surface area contributed by atoms with Gasteiger partial charge in [-0.25, -0.2) is 4.68 Å². The lowest BCUT2D eigenvalue weighted by atomic mass is 10.0. The van der Waals surface area contributed by atoms with Crippen molar-refractivity contribution in [2.75, 3.05) is 5.75 Å². The van der Waals surface area contributed by atoms with Crippen molar-refractivity contribution in [1.29, 1.82) is 0 Å². The average Bonchev–Trinajstić information content (AvgIpc) is 3.31. The first kappa shape index (κ1) is 22.3. The van der Waals surface area contributed by atoms with E-state index in [0.29, 0.717) is 10.7 Å². The lowest BCUT2D eigenvalue weighted by molar-refractivity contribution is -0.301. The van der Waals surface area contributed by atoms with Crippen LogP contribution >= 0.6 is 23.5 Å². The van der Waals surface area contributed by atoms with Gasteiger partial charge >= 0.3 is 0 Å². The van der Waals surface area contributed by atoms with Crippen LogP contribution in [0.5, 0.6) is 0 Å². The number of fused-ring (bicyclic) bond motifs is 1. The van der Waals surface area contributed by atoms with Gasteiger partial charge in [0.2, 0.25) is 5.91 Å². The van der Waals surface area contributed by atoms with E-state index in [1.54, 1.807) is 16.9 Å². The standard InChI is InChI=1S/C24H20N4O4S2/c29-18(13-15-7-3-1-4-8-15)26-20-22(30)27-21(24(31)32)17(14-33-23(20)27)34-19-11-12-25-28(19)16-9-5-2-6-10-16/h1-12,20,23H,13-14H2,(H,26,29)(H,31,32)/p-1/t20-,23-/m1/s1. The van der Waals surface area contributed by atoms with E-state index in [-0.39, 0.29) is 18.0 Å². The number of nitrogens with one attached hydrogen (secondary N) is 1. The molecule has 2 aliphatic rings. The molecule has 0 spiro atoms. The maximum Gasteiger partial charge on any atom is 0.253 e. The average molecular weight is 492 g/mol. The summed E-state index contributed by atoms with van der Waals surface area (Å²) in [7, 11) is 0. The van der Waals surface area contributed by atoms with Gasteiger partial charge in [0.1, 0.15) is 16.4 Å². The van der Waals surface area contributed by atoms with Gasteiger partial charge in [0.05, 0.1) is 30.0 Å². The molecule has 5 rings (SSSR count). The molecule has 34 heavy (non-hydrogen) atoms. The van der Waals surface area contributed by atoms with Gasteiger partial charge in [-0.1, -0.05) is 60.3 Å². The summed E-state index contributed by atoms with van der Waals surface area (Å²) in [6, 6.07) is 19.7. The van der Waals surface area contributed by atoms with E-state index in [9.17, 15) is 19.5 Å². The van der Waals surface area contributed by atoms with Crippen LogP contribution in [-0.4, -0.2) is 49.6 Å². The predicted molar refractivity (Wildman–Crippen MR) is 127 cm³/mol. The summed E-state index contributed by atoms with van der Waals surface area (Å²) in [5.74, 6) is -1.78. The van der Waals surface area contributed by atoms with Gasteiger partial charge < -0.3 is 15.2 Å². The number of rotatable bonds is 7. The summed E-state index contributed by atoms with van der Waals surface area (Å²) in [5, 5.41) is 19.4. The smallest absolute Gasteiger partial charge is 0.253 e. The van der Waals surface area contributed by atoms with Gasteiger partial charge in [-0.05, 0) is 23.8 Å². The molecule has 3 aromatic rings. The van der Waals surface area contributed by atoms with Crippen molar-refractivity contribution in [3.8, 4) is 5.69 Å². The van der Waals surface area contributed by atoms with Crippen LogP contribution in [0.1, 0.15) is 5.56 Å². The van der Waals surface area contributed by atoms with E-state index in [1.807, 2.05) is 60.7 Å². The largest absolute Gasteiger partial charge is 0.543 e. The number of thioether (sulfide) groups is 2. The fraction of sp³-hybridized carbons (Fsp3) is 0.167. The summed E-state index contributed by atoms with van der Waals surface area (Å²) in [6.45, 7) is 0. The minimum Gasteiger partial charge on any atom is -0.543 e. The number of carbonyl (C=O) groups excluding carboxylic acids is 3. The Morgan fingerprint density at radius 1 is 1.09 bits per heavy atom. The number of para-hydroxylation sites is 1. The molecule has 2 amide bonds. The highest BCUT2D eigenvalue weighted by atomic mass is 32.2. The molecule has 8 nitrogen and oxygen atoms in total. The zero-order valence-corrected chi connectivity index (χ0v) is 19.4. The molecule has 10 heteroatoms. The van der Waals surface area contributed by atoms with Gasteiger partial charge in [-0.3, -0.25) is 14.5 Å². The second kappa shape index (κ2) is 9.40. The Morgan fingerprint density at radius 3 is 2.50 bits per heavy atom. The first-order chi connectivity index (χ1) is 16.5. The summed E-state index contributed by atoms with van der Waals surface area (Å²) >= 11 is 2.66. The number of amides is 2. The second-order valence-electron chi connectivity index (χ2n) is 7.70. The zero-order valence-electron chi connectivity index (χ0n) is 17.8. The molecule has 0 unspecified atom stereocenters. The van der Waals surface area contributed by atoms with Crippen molar-refractivity contribution >= 4 is 41.3 Å². The molecule has 1 fully saturated rings. The molecule has 0 bridgehead atoms. The number of aromatic nitrogens is 2. The van der Waals surface area contributed by atoms with Crippen LogP contribution in [0.4, 0.5) is 0 Å². The predicted octanol–water partition coefficient (Wildman–Crippen LogP) is 1.57. The van der Waals surface area contributed by atoms with Crippen LogP contribution < -0.4 is 10.4 Å². The van der Waals surface area contributed by atoms with E-state index >= 15 is 0 Å². The molecule has 2 atom stereocenters. The maximum atomic E-state index is 12.9. The number of nitrogens with zero attached hydrogens (tertiary/aromatic N) is 3. The molecule has 0 saturated carbocycles. The third kappa shape index (κ3) is 4.22. The third-order valence-corrected chi connectivity index (χ3v) is 8.05. The van der Waals surface area contributed by atoms with Gasteiger partial charge in [-0.2, -0.15) is 5.10 Å². The number of β-lactam (4-membered cyclic amide) rings is 1. The fourth-order valence-corrected chi connectivity index (χ4v) is 6.46. The number of hydrogen-bond acceptors (Lipinski definition) is 7. The zero-order chi connectivity index (χ0) is 23.7. The second-order valence-corrected chi connectivity index (χ2v) is 9.92. The number of benzene rings is 2. The molecule has 0 radical (unpaired) electrons. The topological polar surface area (TPSA) is 107 Å². The van der Waals surface area contributed by atoms with Crippen LogP contribution in [0, 0.1) is 0 Å². The Kier molecular flexibility index (Phi) is 6.16. The number of carboxylic acid groups (broad SMARTS) is 1. The minimum absolute atomic E-state index is 0.145. The normalized spacial score (nSPS) is 19.4. The Hall–Kier alpha value is -3.50. The Bertz CT molecular complexity index is 1280. The number of carboxylic acids is 1. The molecule has 172 valence electrons. The summed E-state index contributed by atoms with van der Waals surface area (Å²) in [6.07, 6.45) is 1.79. The van der Waals surface area contributed by atoms with Crippen LogP contribution in [0.3, 0.4) is 0 Å². The van der Waals surface area contributed by atoms with Gasteiger partial charge in [0.15, 0.2) is 0 Å². The quantitative estimate of drug-likeness (QED) is 0.500. The first-order valence-electron chi connectivity index (χ1n) is 10.5. The lowest BCUT2D eigenvalue weighted by Gasteiger charge is -2.50. The summed E-state index contributed by atoms with van der Waals surface area (Å²) < 4.78 is 1.71. The molecule has 1 saturated heterocycles. The van der Waals surface area contributed by atoms with E-state index < -0.39 is 23.3 Å². The highest BCUT2D eigenvalue weighted by Gasteiger charge is 2.53. The number of carbonyl (C=O) groups is 3. The van der Waals surface area contributed by atoms with E-state index in [0.717, 1.165) is 16.3 Å². The van der Waals surface area contributed by atoms with E-state index in [1.165, 1.54) is 28.4 Å².